The normalized spacial score (nSPS) is 37.9. The Labute approximate surface area is 154 Å². The summed E-state index contributed by atoms with van der Waals surface area (Å²) in [5.41, 5.74) is -3.08. The van der Waals surface area contributed by atoms with Gasteiger partial charge in [0.1, 0.15) is 0 Å². The van der Waals surface area contributed by atoms with Gasteiger partial charge >= 0.3 is 0 Å². The highest BCUT2D eigenvalue weighted by molar-refractivity contribution is 6.31. The van der Waals surface area contributed by atoms with E-state index in [1.54, 1.807) is 55.5 Å². The SMILES string of the molecule is C[C@]12C(=O)c3ccccc3C(=O)[C@H]1C[C@@]13O[C@]12C(=O)c1ccccc1C3=O. The van der Waals surface area contributed by atoms with Crippen LogP contribution in [-0.4, -0.2) is 34.3 Å². The van der Waals surface area contributed by atoms with Crippen LogP contribution in [0, 0.1) is 11.3 Å². The zero-order chi connectivity index (χ0) is 18.8. The fourth-order valence-electron chi connectivity index (χ4n) is 5.77. The van der Waals surface area contributed by atoms with Crippen LogP contribution in [0.15, 0.2) is 48.5 Å². The summed E-state index contributed by atoms with van der Waals surface area (Å²) >= 11 is 0. The van der Waals surface area contributed by atoms with E-state index < -0.39 is 22.5 Å². The Morgan fingerprint density at radius 2 is 1.30 bits per heavy atom. The predicted octanol–water partition coefficient (Wildman–Crippen LogP) is 2.68. The molecule has 0 unspecified atom stereocenters. The fourth-order valence-corrected chi connectivity index (χ4v) is 5.77. The number of ether oxygens (including phenoxy) is 1. The van der Waals surface area contributed by atoms with Crippen molar-refractivity contribution in [2.24, 2.45) is 11.3 Å². The van der Waals surface area contributed by atoms with Crippen molar-refractivity contribution in [1.29, 1.82) is 0 Å². The molecule has 3 aliphatic carbocycles. The maximum absolute atomic E-state index is 13.5. The minimum Gasteiger partial charge on any atom is -0.344 e. The van der Waals surface area contributed by atoms with Crippen LogP contribution in [0.1, 0.15) is 54.8 Å². The van der Waals surface area contributed by atoms with Gasteiger partial charge in [0.25, 0.3) is 0 Å². The number of carbonyl (C=O) groups excluding carboxylic acids is 4. The van der Waals surface area contributed by atoms with Crippen LogP contribution in [0.25, 0.3) is 0 Å². The monoisotopic (exact) mass is 358 g/mol. The first kappa shape index (κ1) is 15.2. The Kier molecular flexibility index (Phi) is 2.33. The highest BCUT2D eigenvalue weighted by Crippen LogP contribution is 2.75. The van der Waals surface area contributed by atoms with Crippen molar-refractivity contribution in [2.45, 2.75) is 24.5 Å². The molecule has 4 atom stereocenters. The maximum Gasteiger partial charge on any atom is 0.199 e. The molecule has 2 aromatic rings. The van der Waals surface area contributed by atoms with E-state index in [-0.39, 0.29) is 35.1 Å². The minimum atomic E-state index is -1.57. The van der Waals surface area contributed by atoms with Gasteiger partial charge in [-0.25, -0.2) is 0 Å². The third-order valence-corrected chi connectivity index (χ3v) is 7.10. The first-order chi connectivity index (χ1) is 12.9. The van der Waals surface area contributed by atoms with Crippen LogP contribution >= 0.6 is 0 Å². The molecular weight excluding hydrogens is 344 g/mol. The molecule has 0 aromatic heterocycles. The summed E-state index contributed by atoms with van der Waals surface area (Å²) in [7, 11) is 0. The third-order valence-electron chi connectivity index (χ3n) is 7.10. The second kappa shape index (κ2) is 4.15. The van der Waals surface area contributed by atoms with E-state index in [1.807, 2.05) is 0 Å². The molecule has 0 amide bonds. The Hall–Kier alpha value is -2.92. The molecule has 1 saturated carbocycles. The Bertz CT molecular complexity index is 1120. The summed E-state index contributed by atoms with van der Waals surface area (Å²) in [6.07, 6.45) is 0.0707. The number of epoxide rings is 1. The molecule has 0 bridgehead atoms. The van der Waals surface area contributed by atoms with Crippen LogP contribution in [0.4, 0.5) is 0 Å². The molecule has 0 radical (unpaired) electrons. The number of fused-ring (bicyclic) bond motifs is 3. The van der Waals surface area contributed by atoms with Gasteiger partial charge in [0.2, 0.25) is 0 Å². The summed E-state index contributed by atoms with van der Waals surface area (Å²) in [6.45, 7) is 1.63. The molecule has 5 nitrogen and oxygen atoms in total. The molecule has 2 aromatic carbocycles. The number of ketones is 4. The molecule has 0 N–H and O–H groups in total. The topological polar surface area (TPSA) is 80.8 Å². The fraction of sp³-hybridized carbons (Fsp3) is 0.273. The number of hydrogen-bond donors (Lipinski definition) is 0. The van der Waals surface area contributed by atoms with Crippen molar-refractivity contribution < 1.29 is 23.9 Å². The Morgan fingerprint density at radius 3 is 1.93 bits per heavy atom. The summed E-state index contributed by atoms with van der Waals surface area (Å²) in [5.74, 6) is -1.87. The van der Waals surface area contributed by atoms with Gasteiger partial charge in [0.15, 0.2) is 34.3 Å². The summed E-state index contributed by atoms with van der Waals surface area (Å²) < 4.78 is 5.93. The largest absolute Gasteiger partial charge is 0.344 e. The lowest BCUT2D eigenvalue weighted by molar-refractivity contribution is 0.0269. The van der Waals surface area contributed by atoms with Crippen molar-refractivity contribution in [3.63, 3.8) is 0 Å². The smallest absolute Gasteiger partial charge is 0.199 e. The minimum absolute atomic E-state index is 0.0707. The molecule has 27 heavy (non-hydrogen) atoms. The van der Waals surface area contributed by atoms with Gasteiger partial charge in [-0.1, -0.05) is 48.5 Å². The Balaban J connectivity index is 1.65. The van der Waals surface area contributed by atoms with E-state index >= 15 is 0 Å². The quantitative estimate of drug-likeness (QED) is 0.677. The molecule has 1 saturated heterocycles. The summed E-state index contributed by atoms with van der Waals surface area (Å²) in [6, 6.07) is 13.3. The van der Waals surface area contributed by atoms with Crippen molar-refractivity contribution in [3.05, 3.63) is 70.8 Å². The number of benzene rings is 2. The number of carbonyl (C=O) groups is 4. The second-order valence-electron chi connectivity index (χ2n) is 8.01. The summed E-state index contributed by atoms with van der Waals surface area (Å²) in [4.78, 5) is 53.5. The van der Waals surface area contributed by atoms with Gasteiger partial charge in [0.05, 0.1) is 5.41 Å². The number of hydrogen-bond acceptors (Lipinski definition) is 5. The molecule has 6 rings (SSSR count). The van der Waals surface area contributed by atoms with Crippen LogP contribution in [0.3, 0.4) is 0 Å². The summed E-state index contributed by atoms with van der Waals surface area (Å²) in [5, 5.41) is 0. The van der Waals surface area contributed by atoms with Gasteiger partial charge in [-0.3, -0.25) is 19.2 Å². The average Bonchev–Trinajstić information content (AvgIpc) is 3.34. The molecule has 0 spiro atoms. The lowest BCUT2D eigenvalue weighted by Crippen LogP contribution is -2.56. The van der Waals surface area contributed by atoms with Crippen LogP contribution in [0.2, 0.25) is 0 Å². The van der Waals surface area contributed by atoms with Crippen molar-refractivity contribution in [3.8, 4) is 0 Å². The molecule has 2 fully saturated rings. The average molecular weight is 358 g/mol. The van der Waals surface area contributed by atoms with Crippen molar-refractivity contribution in [2.75, 3.05) is 0 Å². The highest BCUT2D eigenvalue weighted by Gasteiger charge is 2.94. The zero-order valence-electron chi connectivity index (χ0n) is 14.4. The van der Waals surface area contributed by atoms with Gasteiger partial charge < -0.3 is 4.74 Å². The van der Waals surface area contributed by atoms with Crippen molar-refractivity contribution in [1.82, 2.24) is 0 Å². The van der Waals surface area contributed by atoms with E-state index in [2.05, 4.69) is 0 Å². The molecular formula is C22H14O5. The van der Waals surface area contributed by atoms with Crippen LogP contribution in [-0.2, 0) is 4.74 Å². The number of Topliss-reactive ketones (excluding diaryl/α,β-unsaturated/α-hetero) is 4. The second-order valence-corrected chi connectivity index (χ2v) is 8.01. The maximum atomic E-state index is 13.5. The van der Waals surface area contributed by atoms with E-state index in [4.69, 9.17) is 4.74 Å². The van der Waals surface area contributed by atoms with Crippen LogP contribution in [0.5, 0.6) is 0 Å². The molecule has 4 aliphatic rings. The van der Waals surface area contributed by atoms with E-state index in [0.29, 0.717) is 16.7 Å². The zero-order valence-corrected chi connectivity index (χ0v) is 14.4. The van der Waals surface area contributed by atoms with E-state index in [9.17, 15) is 19.2 Å². The first-order valence-corrected chi connectivity index (χ1v) is 8.97. The lowest BCUT2D eigenvalue weighted by Gasteiger charge is -2.39. The lowest BCUT2D eigenvalue weighted by atomic mass is 9.58. The van der Waals surface area contributed by atoms with Crippen LogP contribution < -0.4 is 0 Å². The number of rotatable bonds is 0. The van der Waals surface area contributed by atoms with Gasteiger partial charge in [-0.2, -0.15) is 0 Å². The van der Waals surface area contributed by atoms with E-state index in [0.717, 1.165) is 0 Å². The van der Waals surface area contributed by atoms with Gasteiger partial charge in [-0.15, -0.1) is 0 Å². The van der Waals surface area contributed by atoms with Crippen molar-refractivity contribution >= 4 is 23.1 Å². The van der Waals surface area contributed by atoms with Gasteiger partial charge in [-0.05, 0) is 13.3 Å². The molecule has 5 heteroatoms. The predicted molar refractivity (Wildman–Crippen MR) is 93.0 cm³/mol. The van der Waals surface area contributed by atoms with Gasteiger partial charge in [0, 0.05) is 28.2 Å². The molecule has 132 valence electrons. The standard InChI is InChI=1S/C22H14O5/c1-20-15(16(23)11-6-2-3-7-12(11)17(20)24)10-21-18(25)13-8-4-5-9-14(13)19(26)22(20,21)27-21/h2-9,15H,10H2,1H3/t15-,20-,21+,22+/m1/s1. The molecule has 1 aliphatic heterocycles. The highest BCUT2D eigenvalue weighted by atomic mass is 16.6. The first-order valence-electron chi connectivity index (χ1n) is 8.97. The Morgan fingerprint density at radius 1 is 0.778 bits per heavy atom. The third kappa shape index (κ3) is 1.26. The van der Waals surface area contributed by atoms with E-state index in [1.165, 1.54) is 0 Å². The molecule has 1 heterocycles.